The number of carbonyl (C=O) groups is 2. The normalized spacial score (nSPS) is 18.6. The van der Waals surface area contributed by atoms with Gasteiger partial charge in [-0.3, -0.25) is 14.5 Å². The third-order valence-corrected chi connectivity index (χ3v) is 8.63. The highest BCUT2D eigenvalue weighted by molar-refractivity contribution is 5.91. The molecule has 2 fully saturated rings. The highest BCUT2D eigenvalue weighted by Crippen LogP contribution is 2.55. The summed E-state index contributed by atoms with van der Waals surface area (Å²) in [4.78, 5) is 29.2. The van der Waals surface area contributed by atoms with Gasteiger partial charge in [0, 0.05) is 43.3 Å². The van der Waals surface area contributed by atoms with Gasteiger partial charge in [-0.25, -0.2) is 0 Å². The summed E-state index contributed by atoms with van der Waals surface area (Å²) in [5.74, 6) is 0.883. The Morgan fingerprint density at radius 1 is 1.21 bits per heavy atom. The minimum absolute atomic E-state index is 0.000496. The molecule has 3 aliphatic rings. The second-order valence-corrected chi connectivity index (χ2v) is 11.2. The van der Waals surface area contributed by atoms with Crippen molar-refractivity contribution >= 4 is 22.7 Å². The first-order valence-corrected chi connectivity index (χ1v) is 13.5. The molecule has 198 valence electrons. The zero-order valence-electron chi connectivity index (χ0n) is 22.5. The summed E-state index contributed by atoms with van der Waals surface area (Å²) in [5, 5.41) is 4.37. The fraction of sp³-hybridized carbons (Fsp3) is 0.419. The molecular weight excluding hydrogens is 476 g/mol. The Balaban J connectivity index is 1.28. The van der Waals surface area contributed by atoms with Crippen molar-refractivity contribution in [1.29, 1.82) is 0 Å². The number of hydrogen-bond donors (Lipinski definition) is 1. The second kappa shape index (κ2) is 9.31. The third-order valence-electron chi connectivity index (χ3n) is 8.63. The summed E-state index contributed by atoms with van der Waals surface area (Å²) < 4.78 is 7.78. The van der Waals surface area contributed by atoms with Crippen LogP contribution in [0.2, 0.25) is 0 Å². The first-order chi connectivity index (χ1) is 18.3. The van der Waals surface area contributed by atoms with E-state index in [1.54, 1.807) is 12.0 Å². The van der Waals surface area contributed by atoms with Crippen LogP contribution in [0.15, 0.2) is 49.2 Å². The maximum Gasteiger partial charge on any atom is 0.246 e. The average Bonchev–Trinajstić information content (AvgIpc) is 3.61. The topological polar surface area (TPSA) is 66.8 Å². The number of aromatic nitrogens is 1. The number of benzene rings is 2. The summed E-state index contributed by atoms with van der Waals surface area (Å²) in [5.41, 5.74) is 7.59. The molecule has 1 saturated heterocycles. The maximum absolute atomic E-state index is 13.1. The molecule has 3 aromatic rings. The van der Waals surface area contributed by atoms with Crippen molar-refractivity contribution in [3.8, 4) is 5.75 Å². The smallest absolute Gasteiger partial charge is 0.246 e. The van der Waals surface area contributed by atoms with Crippen molar-refractivity contribution in [2.45, 2.75) is 57.8 Å². The predicted molar refractivity (Wildman–Crippen MR) is 148 cm³/mol. The van der Waals surface area contributed by atoms with E-state index in [9.17, 15) is 9.59 Å². The van der Waals surface area contributed by atoms with Gasteiger partial charge in [0.25, 0.3) is 0 Å². The number of fused-ring (bicyclic) bond motifs is 2. The van der Waals surface area contributed by atoms with E-state index < -0.39 is 0 Å². The Kier molecular flexibility index (Phi) is 6.06. The van der Waals surface area contributed by atoms with Gasteiger partial charge in [0.05, 0.1) is 18.7 Å². The summed E-state index contributed by atoms with van der Waals surface area (Å²) >= 11 is 0. The number of likely N-dealkylation sites (tertiary alicyclic amines) is 1. The number of nitrogens with zero attached hydrogens (tertiary/aromatic N) is 3. The maximum atomic E-state index is 13.1. The lowest BCUT2D eigenvalue weighted by Crippen LogP contribution is -2.61. The van der Waals surface area contributed by atoms with E-state index in [0.717, 1.165) is 43.6 Å². The van der Waals surface area contributed by atoms with Crippen LogP contribution in [0.4, 0.5) is 0 Å². The minimum Gasteiger partial charge on any atom is -0.496 e. The van der Waals surface area contributed by atoms with Gasteiger partial charge < -0.3 is 19.5 Å². The van der Waals surface area contributed by atoms with Crippen molar-refractivity contribution < 1.29 is 14.3 Å². The molecule has 2 aliphatic heterocycles. The number of nitrogens with one attached hydrogen (secondary N) is 1. The highest BCUT2D eigenvalue weighted by atomic mass is 16.5. The molecule has 0 spiro atoms. The zero-order chi connectivity index (χ0) is 26.6. The first kappa shape index (κ1) is 24.7. The van der Waals surface area contributed by atoms with Crippen molar-refractivity contribution in [3.63, 3.8) is 0 Å². The Labute approximate surface area is 224 Å². The fourth-order valence-corrected chi connectivity index (χ4v) is 6.64. The van der Waals surface area contributed by atoms with Crippen LogP contribution in [-0.4, -0.2) is 59.0 Å². The van der Waals surface area contributed by atoms with Gasteiger partial charge in [-0.2, -0.15) is 0 Å². The van der Waals surface area contributed by atoms with E-state index in [1.807, 2.05) is 0 Å². The van der Waals surface area contributed by atoms with Crippen LogP contribution >= 0.6 is 0 Å². The molecule has 0 atom stereocenters. The van der Waals surface area contributed by atoms with Gasteiger partial charge in [-0.15, -0.1) is 0 Å². The summed E-state index contributed by atoms with van der Waals surface area (Å²) in [6, 6.07) is 10.9. The molecule has 7 nitrogen and oxygen atoms in total. The van der Waals surface area contributed by atoms with Crippen LogP contribution in [0.25, 0.3) is 10.9 Å². The Bertz CT molecular complexity index is 1450. The number of amides is 2. The first-order valence-electron chi connectivity index (χ1n) is 13.5. The van der Waals surface area contributed by atoms with Crippen molar-refractivity contribution in [2.75, 3.05) is 26.7 Å². The van der Waals surface area contributed by atoms with Gasteiger partial charge in [-0.1, -0.05) is 30.3 Å². The van der Waals surface area contributed by atoms with Crippen LogP contribution in [0, 0.1) is 13.8 Å². The lowest BCUT2D eigenvalue weighted by molar-refractivity contribution is -0.133. The number of aryl methyl sites for hydroxylation is 2. The van der Waals surface area contributed by atoms with Crippen LogP contribution in [0.3, 0.4) is 0 Å². The second-order valence-electron chi connectivity index (χ2n) is 11.2. The average molecular weight is 513 g/mol. The monoisotopic (exact) mass is 512 g/mol. The Morgan fingerprint density at radius 3 is 2.71 bits per heavy atom. The Hall–Kier alpha value is -3.58. The van der Waals surface area contributed by atoms with E-state index in [-0.39, 0.29) is 29.9 Å². The summed E-state index contributed by atoms with van der Waals surface area (Å²) in [6.07, 6.45) is 6.78. The molecule has 1 saturated carbocycles. The molecular formula is C31H36N4O3. The molecule has 2 amide bonds. The largest absolute Gasteiger partial charge is 0.496 e. The molecule has 0 unspecified atom stereocenters. The van der Waals surface area contributed by atoms with Gasteiger partial charge in [0.2, 0.25) is 11.8 Å². The molecule has 6 rings (SSSR count). The summed E-state index contributed by atoms with van der Waals surface area (Å²) in [7, 11) is 1.75. The van der Waals surface area contributed by atoms with E-state index in [2.05, 4.69) is 71.7 Å². The van der Waals surface area contributed by atoms with E-state index in [4.69, 9.17) is 4.74 Å². The number of hydrogen-bond acceptors (Lipinski definition) is 4. The molecule has 0 radical (unpaired) electrons. The van der Waals surface area contributed by atoms with E-state index >= 15 is 0 Å². The number of ether oxygens (including phenoxy) is 1. The molecule has 38 heavy (non-hydrogen) atoms. The SMILES string of the molecule is C=CC(=O)N1CC(NC(=O)Cn2cc(C3(N4CCc5c(cccc5OC)C4)CC3)c3cc(C)cc(C)c32)C1. The molecule has 2 aromatic carbocycles. The fourth-order valence-electron chi connectivity index (χ4n) is 6.64. The van der Waals surface area contributed by atoms with Gasteiger partial charge >= 0.3 is 0 Å². The highest BCUT2D eigenvalue weighted by Gasteiger charge is 2.51. The van der Waals surface area contributed by atoms with Crippen LogP contribution in [0.5, 0.6) is 5.75 Å². The molecule has 3 heterocycles. The third kappa shape index (κ3) is 4.09. The van der Waals surface area contributed by atoms with Gasteiger partial charge in [0.1, 0.15) is 12.3 Å². The molecule has 1 aromatic heterocycles. The quantitative estimate of drug-likeness (QED) is 0.489. The number of carbonyl (C=O) groups excluding carboxylic acids is 2. The molecule has 1 aliphatic carbocycles. The van der Waals surface area contributed by atoms with Gasteiger partial charge in [0.15, 0.2) is 0 Å². The molecule has 0 bridgehead atoms. The summed E-state index contributed by atoms with van der Waals surface area (Å²) in [6.45, 7) is 11.1. The lowest BCUT2D eigenvalue weighted by atomic mass is 9.93. The van der Waals surface area contributed by atoms with Crippen molar-refractivity contribution in [3.05, 3.63) is 77.0 Å². The minimum atomic E-state index is -0.0870. The van der Waals surface area contributed by atoms with Crippen LogP contribution in [-0.2, 0) is 34.6 Å². The van der Waals surface area contributed by atoms with Crippen molar-refractivity contribution in [1.82, 2.24) is 19.7 Å². The number of methoxy groups -OCH3 is 1. The molecule has 1 N–H and O–H groups in total. The molecule has 7 heteroatoms. The van der Waals surface area contributed by atoms with Crippen molar-refractivity contribution in [2.24, 2.45) is 0 Å². The number of rotatable bonds is 7. The van der Waals surface area contributed by atoms with Crippen LogP contribution in [0.1, 0.15) is 40.7 Å². The zero-order valence-corrected chi connectivity index (χ0v) is 22.5. The Morgan fingerprint density at radius 2 is 2.00 bits per heavy atom. The van der Waals surface area contributed by atoms with E-state index in [0.29, 0.717) is 13.1 Å². The standard InChI is InChI=1S/C31H36N4O3/c1-5-29(37)33-16-23(17-33)32-28(36)19-34-18-26(25-14-20(2)13-21(3)30(25)34)31(10-11-31)35-12-9-24-22(15-35)7-6-8-27(24)38-4/h5-8,13-14,18,23H,1,9-12,15-17,19H2,2-4H3,(H,32,36). The lowest BCUT2D eigenvalue weighted by Gasteiger charge is -2.38. The van der Waals surface area contributed by atoms with Crippen LogP contribution < -0.4 is 10.1 Å². The van der Waals surface area contributed by atoms with Gasteiger partial charge in [-0.05, 0) is 73.6 Å². The predicted octanol–water partition coefficient (Wildman–Crippen LogP) is 3.83. The van der Waals surface area contributed by atoms with E-state index in [1.165, 1.54) is 39.3 Å².